The quantitative estimate of drug-likeness (QED) is 0.567. The summed E-state index contributed by atoms with van der Waals surface area (Å²) in [4.78, 5) is 24.3. The molecule has 2 aromatic rings. The molecular formula is C19H17Cl2F3N2O4. The number of alkyl halides is 3. The Balaban J connectivity index is 2.07. The second-order valence-electron chi connectivity index (χ2n) is 5.91. The van der Waals surface area contributed by atoms with Crippen LogP contribution in [-0.4, -0.2) is 38.7 Å². The minimum atomic E-state index is -4.60. The second kappa shape index (κ2) is 10.5. The number of amides is 2. The Kier molecular flexibility index (Phi) is 8.33. The van der Waals surface area contributed by atoms with Crippen LogP contribution in [0.4, 0.5) is 18.9 Å². The minimum Gasteiger partial charge on any atom is -0.489 e. The van der Waals surface area contributed by atoms with Crippen molar-refractivity contribution in [2.45, 2.75) is 6.18 Å². The number of methoxy groups -OCH3 is 1. The van der Waals surface area contributed by atoms with Crippen LogP contribution in [0.3, 0.4) is 0 Å². The maximum atomic E-state index is 13.0. The van der Waals surface area contributed by atoms with Crippen molar-refractivity contribution >= 4 is 40.7 Å². The summed E-state index contributed by atoms with van der Waals surface area (Å²) in [7, 11) is 1.44. The van der Waals surface area contributed by atoms with Crippen molar-refractivity contribution in [1.82, 2.24) is 5.32 Å². The van der Waals surface area contributed by atoms with Gasteiger partial charge in [-0.05, 0) is 36.4 Å². The molecule has 0 bridgehead atoms. The van der Waals surface area contributed by atoms with Gasteiger partial charge in [0.15, 0.2) is 0 Å². The van der Waals surface area contributed by atoms with Gasteiger partial charge in [0.05, 0.1) is 34.4 Å². The Morgan fingerprint density at radius 3 is 2.40 bits per heavy atom. The fourth-order valence-electron chi connectivity index (χ4n) is 2.26. The average Bonchev–Trinajstić information content (AvgIpc) is 2.68. The summed E-state index contributed by atoms with van der Waals surface area (Å²) in [6, 6.07) is 6.85. The summed E-state index contributed by atoms with van der Waals surface area (Å²) in [5.74, 6) is -1.33. The number of rotatable bonds is 8. The summed E-state index contributed by atoms with van der Waals surface area (Å²) in [6.07, 6.45) is -4.60. The van der Waals surface area contributed by atoms with Crippen LogP contribution in [0.15, 0.2) is 36.4 Å². The largest absolute Gasteiger partial charge is 0.489 e. The molecule has 2 N–H and O–H groups in total. The number of carbonyl (C=O) groups is 2. The molecule has 0 fully saturated rings. The lowest BCUT2D eigenvalue weighted by Gasteiger charge is -2.15. The van der Waals surface area contributed by atoms with E-state index in [0.717, 1.165) is 18.2 Å². The maximum absolute atomic E-state index is 13.0. The molecule has 0 aliphatic heterocycles. The Bertz CT molecular complexity index is 923. The molecule has 0 aliphatic carbocycles. The van der Waals surface area contributed by atoms with Crippen LogP contribution in [0.2, 0.25) is 10.0 Å². The first-order chi connectivity index (χ1) is 14.1. The first-order valence-electron chi connectivity index (χ1n) is 8.48. The molecule has 0 saturated carbocycles. The van der Waals surface area contributed by atoms with Gasteiger partial charge in [-0.3, -0.25) is 9.59 Å². The SMILES string of the molecule is COCCOc1ccc(C(F)(F)F)cc1NC(=O)CNC(=O)c1ccc(Cl)c(Cl)c1. The Morgan fingerprint density at radius 1 is 1.03 bits per heavy atom. The molecular weight excluding hydrogens is 448 g/mol. The van der Waals surface area contributed by atoms with Gasteiger partial charge >= 0.3 is 6.18 Å². The molecule has 162 valence electrons. The minimum absolute atomic E-state index is 0.0317. The first kappa shape index (κ1) is 23.8. The third kappa shape index (κ3) is 6.79. The normalized spacial score (nSPS) is 11.1. The number of benzene rings is 2. The molecule has 11 heteroatoms. The highest BCUT2D eigenvalue weighted by molar-refractivity contribution is 6.42. The van der Waals surface area contributed by atoms with E-state index in [1.807, 2.05) is 0 Å². The van der Waals surface area contributed by atoms with Crippen molar-refractivity contribution in [3.8, 4) is 5.75 Å². The van der Waals surface area contributed by atoms with Crippen LogP contribution in [0.25, 0.3) is 0 Å². The lowest BCUT2D eigenvalue weighted by atomic mass is 10.1. The number of halogens is 5. The molecule has 6 nitrogen and oxygen atoms in total. The molecule has 0 aromatic heterocycles. The van der Waals surface area contributed by atoms with Crippen LogP contribution < -0.4 is 15.4 Å². The van der Waals surface area contributed by atoms with Crippen LogP contribution in [-0.2, 0) is 15.7 Å². The summed E-state index contributed by atoms with van der Waals surface area (Å²) in [5, 5.41) is 5.08. The van der Waals surface area contributed by atoms with Crippen LogP contribution in [0.1, 0.15) is 15.9 Å². The summed E-state index contributed by atoms with van der Waals surface area (Å²) >= 11 is 11.6. The lowest BCUT2D eigenvalue weighted by Crippen LogP contribution is -2.33. The van der Waals surface area contributed by atoms with Crippen LogP contribution in [0, 0.1) is 0 Å². The zero-order chi connectivity index (χ0) is 22.3. The van der Waals surface area contributed by atoms with E-state index in [1.165, 1.54) is 25.3 Å². The fraction of sp³-hybridized carbons (Fsp3) is 0.263. The Hall–Kier alpha value is -2.49. The monoisotopic (exact) mass is 464 g/mol. The first-order valence-corrected chi connectivity index (χ1v) is 9.23. The molecule has 2 rings (SSSR count). The molecule has 0 radical (unpaired) electrons. The van der Waals surface area contributed by atoms with Gasteiger partial charge in [0.25, 0.3) is 5.91 Å². The average molecular weight is 465 g/mol. The predicted molar refractivity (Wildman–Crippen MR) is 106 cm³/mol. The van der Waals surface area contributed by atoms with E-state index in [2.05, 4.69) is 10.6 Å². The van der Waals surface area contributed by atoms with E-state index < -0.39 is 30.1 Å². The van der Waals surface area contributed by atoms with Crippen molar-refractivity contribution in [2.75, 3.05) is 32.2 Å². The third-order valence-electron chi connectivity index (χ3n) is 3.72. The lowest BCUT2D eigenvalue weighted by molar-refractivity contribution is -0.137. The summed E-state index contributed by atoms with van der Waals surface area (Å²) < 4.78 is 49.2. The van der Waals surface area contributed by atoms with Gasteiger partial charge in [0, 0.05) is 12.7 Å². The highest BCUT2D eigenvalue weighted by atomic mass is 35.5. The van der Waals surface area contributed by atoms with E-state index in [0.29, 0.717) is 0 Å². The number of ether oxygens (including phenoxy) is 2. The summed E-state index contributed by atoms with van der Waals surface area (Å²) in [5.41, 5.74) is -0.980. The van der Waals surface area contributed by atoms with E-state index in [-0.39, 0.29) is 40.3 Å². The zero-order valence-electron chi connectivity index (χ0n) is 15.6. The maximum Gasteiger partial charge on any atom is 0.416 e. The van der Waals surface area contributed by atoms with E-state index >= 15 is 0 Å². The number of hydrogen-bond acceptors (Lipinski definition) is 4. The molecule has 0 aliphatic rings. The zero-order valence-corrected chi connectivity index (χ0v) is 17.1. The molecule has 0 spiro atoms. The molecule has 2 aromatic carbocycles. The number of carbonyl (C=O) groups excluding carboxylic acids is 2. The molecule has 0 saturated heterocycles. The summed E-state index contributed by atoms with van der Waals surface area (Å²) in [6.45, 7) is -0.222. The Labute approximate surface area is 180 Å². The topological polar surface area (TPSA) is 76.7 Å². The van der Waals surface area contributed by atoms with E-state index in [1.54, 1.807) is 0 Å². The molecule has 0 heterocycles. The van der Waals surface area contributed by atoms with Crippen LogP contribution >= 0.6 is 23.2 Å². The van der Waals surface area contributed by atoms with Crippen molar-refractivity contribution in [3.05, 3.63) is 57.6 Å². The van der Waals surface area contributed by atoms with E-state index in [4.69, 9.17) is 32.7 Å². The number of anilines is 1. The molecule has 0 unspecified atom stereocenters. The van der Waals surface area contributed by atoms with Gasteiger partial charge in [-0.15, -0.1) is 0 Å². The highest BCUT2D eigenvalue weighted by Gasteiger charge is 2.31. The van der Waals surface area contributed by atoms with E-state index in [9.17, 15) is 22.8 Å². The molecule has 2 amide bonds. The van der Waals surface area contributed by atoms with Crippen molar-refractivity contribution < 1.29 is 32.2 Å². The van der Waals surface area contributed by atoms with Gasteiger partial charge in [-0.2, -0.15) is 13.2 Å². The predicted octanol–water partition coefficient (Wildman–Crippen LogP) is 4.41. The standard InChI is InChI=1S/C19H17Cl2F3N2O4/c1-29-6-7-30-16-5-3-12(19(22,23)24)9-15(16)26-17(27)10-25-18(28)11-2-4-13(20)14(21)8-11/h2-5,8-9H,6-7,10H2,1H3,(H,25,28)(H,26,27). The highest BCUT2D eigenvalue weighted by Crippen LogP contribution is 2.35. The number of nitrogens with one attached hydrogen (secondary N) is 2. The molecule has 30 heavy (non-hydrogen) atoms. The fourth-order valence-corrected chi connectivity index (χ4v) is 2.56. The van der Waals surface area contributed by atoms with Gasteiger partial charge in [-0.1, -0.05) is 23.2 Å². The van der Waals surface area contributed by atoms with Crippen molar-refractivity contribution in [3.63, 3.8) is 0 Å². The smallest absolute Gasteiger partial charge is 0.416 e. The van der Waals surface area contributed by atoms with Gasteiger partial charge in [-0.25, -0.2) is 0 Å². The third-order valence-corrected chi connectivity index (χ3v) is 4.46. The van der Waals surface area contributed by atoms with Gasteiger partial charge < -0.3 is 20.1 Å². The number of hydrogen-bond donors (Lipinski definition) is 2. The molecule has 0 atom stereocenters. The van der Waals surface area contributed by atoms with Crippen molar-refractivity contribution in [2.24, 2.45) is 0 Å². The second-order valence-corrected chi connectivity index (χ2v) is 6.72. The van der Waals surface area contributed by atoms with Gasteiger partial charge in [0.2, 0.25) is 5.91 Å². The Morgan fingerprint density at radius 2 is 1.77 bits per heavy atom. The van der Waals surface area contributed by atoms with Crippen LogP contribution in [0.5, 0.6) is 5.75 Å². The van der Waals surface area contributed by atoms with Crippen molar-refractivity contribution in [1.29, 1.82) is 0 Å². The van der Waals surface area contributed by atoms with Gasteiger partial charge in [0.1, 0.15) is 12.4 Å².